The number of rotatable bonds is 4. The molecule has 4 nitrogen and oxygen atoms in total. The first kappa shape index (κ1) is 18.4. The average Bonchev–Trinajstić information content (AvgIpc) is 3.49. The smallest absolute Gasteiger partial charge is 0.292 e. The lowest BCUT2D eigenvalue weighted by molar-refractivity contribution is -0.256. The summed E-state index contributed by atoms with van der Waals surface area (Å²) < 4.78 is 26.1. The van der Waals surface area contributed by atoms with E-state index in [1.54, 1.807) is 17.0 Å². The van der Waals surface area contributed by atoms with Gasteiger partial charge in [0, 0.05) is 26.9 Å². The van der Waals surface area contributed by atoms with Crippen molar-refractivity contribution in [3.8, 4) is 0 Å². The van der Waals surface area contributed by atoms with Crippen LogP contribution in [-0.2, 0) is 20.1 Å². The Hall–Kier alpha value is -1.60. The highest BCUT2D eigenvalue weighted by Crippen LogP contribution is 2.48. The minimum absolute atomic E-state index is 0.145. The molecule has 2 fully saturated rings. The van der Waals surface area contributed by atoms with Crippen LogP contribution in [0.3, 0.4) is 0 Å². The number of anilines is 1. The molecule has 2 aliphatic heterocycles. The molecule has 7 heteroatoms. The van der Waals surface area contributed by atoms with Gasteiger partial charge in [-0.25, -0.2) is 4.39 Å². The zero-order valence-electron chi connectivity index (χ0n) is 15.1. The lowest BCUT2D eigenvalue weighted by Gasteiger charge is -2.32. The average molecular weight is 420 g/mol. The highest BCUT2D eigenvalue weighted by atomic mass is 35.5. The number of fused-ring (bicyclic) bond motifs is 2. The van der Waals surface area contributed by atoms with Gasteiger partial charge in [0.15, 0.2) is 0 Å². The Morgan fingerprint density at radius 3 is 2.68 bits per heavy atom. The van der Waals surface area contributed by atoms with Crippen LogP contribution in [0.1, 0.15) is 24.8 Å². The van der Waals surface area contributed by atoms with E-state index in [9.17, 15) is 9.18 Å². The van der Waals surface area contributed by atoms with Gasteiger partial charge in [-0.3, -0.25) is 4.79 Å². The molecule has 1 amide bonds. The fourth-order valence-electron chi connectivity index (χ4n) is 3.72. The number of hydrogen-bond donors (Lipinski definition) is 0. The van der Waals surface area contributed by atoms with Gasteiger partial charge in [-0.2, -0.15) is 0 Å². The molecular weight excluding hydrogens is 401 g/mol. The molecule has 1 saturated heterocycles. The quantitative estimate of drug-likeness (QED) is 0.700. The van der Waals surface area contributed by atoms with E-state index in [0.717, 1.165) is 35.4 Å². The highest BCUT2D eigenvalue weighted by molar-refractivity contribution is 7.99. The molecule has 0 bridgehead atoms. The van der Waals surface area contributed by atoms with Crippen LogP contribution in [0.25, 0.3) is 0 Å². The molecule has 146 valence electrons. The maximum Gasteiger partial charge on any atom is 0.292 e. The van der Waals surface area contributed by atoms with Gasteiger partial charge in [-0.1, -0.05) is 23.4 Å². The van der Waals surface area contributed by atoms with Crippen LogP contribution in [0.2, 0.25) is 5.02 Å². The zero-order chi connectivity index (χ0) is 19.3. The second kappa shape index (κ2) is 7.02. The third-order valence-electron chi connectivity index (χ3n) is 5.30. The van der Waals surface area contributed by atoms with Crippen LogP contribution in [-0.4, -0.2) is 25.7 Å². The molecule has 0 aromatic heterocycles. The van der Waals surface area contributed by atoms with Crippen molar-refractivity contribution >= 4 is 35.0 Å². The van der Waals surface area contributed by atoms with Crippen molar-refractivity contribution in [3.05, 3.63) is 52.8 Å². The normalized spacial score (nSPS) is 20.6. The first-order valence-electron chi connectivity index (χ1n) is 9.44. The molecule has 5 rings (SSSR count). The zero-order valence-corrected chi connectivity index (χ0v) is 16.7. The number of halogens is 2. The Kier molecular flexibility index (Phi) is 4.62. The van der Waals surface area contributed by atoms with Crippen molar-refractivity contribution in [1.29, 1.82) is 0 Å². The van der Waals surface area contributed by atoms with Gasteiger partial charge in [0.1, 0.15) is 5.82 Å². The van der Waals surface area contributed by atoms with Crippen molar-refractivity contribution < 1.29 is 18.7 Å². The van der Waals surface area contributed by atoms with Crippen molar-refractivity contribution in [2.24, 2.45) is 5.92 Å². The second-order valence-electron chi connectivity index (χ2n) is 7.38. The first-order valence-corrected chi connectivity index (χ1v) is 10.6. The molecule has 0 atom stereocenters. The van der Waals surface area contributed by atoms with Crippen molar-refractivity contribution in [1.82, 2.24) is 0 Å². The van der Waals surface area contributed by atoms with E-state index in [2.05, 4.69) is 0 Å². The summed E-state index contributed by atoms with van der Waals surface area (Å²) >= 11 is 7.14. The Bertz CT molecular complexity index is 943. The fourth-order valence-corrected chi connectivity index (χ4v) is 4.73. The van der Waals surface area contributed by atoms with E-state index in [1.807, 2.05) is 18.2 Å². The number of carbonyl (C=O) groups is 1. The van der Waals surface area contributed by atoms with Crippen LogP contribution in [0, 0.1) is 11.7 Å². The van der Waals surface area contributed by atoms with Crippen LogP contribution in [0.15, 0.2) is 46.2 Å². The van der Waals surface area contributed by atoms with Gasteiger partial charge in [-0.05, 0) is 61.6 Å². The summed E-state index contributed by atoms with van der Waals surface area (Å²) in [4.78, 5) is 16.4. The minimum Gasteiger partial charge on any atom is -0.338 e. The second-order valence-corrected chi connectivity index (χ2v) is 8.93. The molecule has 28 heavy (non-hydrogen) atoms. The number of nitrogens with zero attached hydrogens (tertiary/aromatic N) is 1. The van der Waals surface area contributed by atoms with Gasteiger partial charge in [-0.15, -0.1) is 0 Å². The lowest BCUT2D eigenvalue weighted by atomic mass is 10.1. The van der Waals surface area contributed by atoms with E-state index < -0.39 is 5.79 Å². The summed E-state index contributed by atoms with van der Waals surface area (Å²) in [6, 6.07) is 10.3. The molecule has 2 aromatic rings. The molecule has 0 unspecified atom stereocenters. The van der Waals surface area contributed by atoms with E-state index in [-0.39, 0.29) is 11.7 Å². The number of benzene rings is 2. The maximum absolute atomic E-state index is 14.2. The standard InChI is InChI=1S/C21H19ClFNO3S/c22-14-4-7-19(17(23)10-14)28-15-5-6-18-16(11-15)21(26-8-1-9-27-21)20(25)24(18)12-13-2-3-13/h4-7,10-11,13H,1-3,8-9,12H2. The third-order valence-corrected chi connectivity index (χ3v) is 6.57. The van der Waals surface area contributed by atoms with Crippen molar-refractivity contribution in [2.75, 3.05) is 24.7 Å². The number of ether oxygens (including phenoxy) is 2. The molecule has 0 radical (unpaired) electrons. The topological polar surface area (TPSA) is 38.8 Å². The summed E-state index contributed by atoms with van der Waals surface area (Å²) in [6.45, 7) is 1.65. The van der Waals surface area contributed by atoms with Crippen molar-refractivity contribution in [2.45, 2.75) is 34.8 Å². The Morgan fingerprint density at radius 1 is 1.18 bits per heavy atom. The highest BCUT2D eigenvalue weighted by Gasteiger charge is 2.55. The monoisotopic (exact) mass is 419 g/mol. The number of carbonyl (C=O) groups excluding carboxylic acids is 1. The van der Waals surface area contributed by atoms with Gasteiger partial charge >= 0.3 is 0 Å². The van der Waals surface area contributed by atoms with Gasteiger partial charge in [0.05, 0.1) is 18.9 Å². The fraction of sp³-hybridized carbons (Fsp3) is 0.381. The number of amides is 1. The van der Waals surface area contributed by atoms with Gasteiger partial charge in [0.2, 0.25) is 0 Å². The predicted molar refractivity (Wildman–Crippen MR) is 105 cm³/mol. The van der Waals surface area contributed by atoms with Gasteiger partial charge in [0.25, 0.3) is 11.7 Å². The van der Waals surface area contributed by atoms with Crippen molar-refractivity contribution in [3.63, 3.8) is 0 Å². The molecule has 0 N–H and O–H groups in total. The minimum atomic E-state index is -1.36. The summed E-state index contributed by atoms with van der Waals surface area (Å²) in [6.07, 6.45) is 3.06. The molecule has 3 aliphatic rings. The molecule has 1 saturated carbocycles. The van der Waals surface area contributed by atoms with Gasteiger partial charge < -0.3 is 14.4 Å². The molecule has 1 aliphatic carbocycles. The SMILES string of the molecule is O=C1N(CC2CC2)c2ccc(Sc3ccc(Cl)cc3F)cc2C12OCCCO2. The Labute approximate surface area is 171 Å². The Balaban J connectivity index is 1.52. The molecule has 2 heterocycles. The first-order chi connectivity index (χ1) is 13.6. The van der Waals surface area contributed by atoms with Crippen LogP contribution < -0.4 is 4.90 Å². The van der Waals surface area contributed by atoms with Crippen LogP contribution in [0.4, 0.5) is 10.1 Å². The molecular formula is C21H19ClFNO3S. The van der Waals surface area contributed by atoms with Crippen LogP contribution >= 0.6 is 23.4 Å². The number of hydrogen-bond acceptors (Lipinski definition) is 4. The van der Waals surface area contributed by atoms with E-state index in [0.29, 0.717) is 35.6 Å². The largest absolute Gasteiger partial charge is 0.338 e. The third kappa shape index (κ3) is 3.12. The van der Waals surface area contributed by atoms with E-state index in [4.69, 9.17) is 21.1 Å². The summed E-state index contributed by atoms with van der Waals surface area (Å²) in [5, 5.41) is 0.361. The summed E-state index contributed by atoms with van der Waals surface area (Å²) in [5.41, 5.74) is 1.55. The molecule has 1 spiro atoms. The summed E-state index contributed by atoms with van der Waals surface area (Å²) in [5.74, 6) is -1.33. The maximum atomic E-state index is 14.2. The molecule has 2 aromatic carbocycles. The summed E-state index contributed by atoms with van der Waals surface area (Å²) in [7, 11) is 0. The van der Waals surface area contributed by atoms with Crippen LogP contribution in [0.5, 0.6) is 0 Å². The lowest BCUT2D eigenvalue weighted by Crippen LogP contribution is -2.47. The Morgan fingerprint density at radius 2 is 1.96 bits per heavy atom. The van der Waals surface area contributed by atoms with E-state index in [1.165, 1.54) is 17.8 Å². The predicted octanol–water partition coefficient (Wildman–Crippen LogP) is 4.98. The van der Waals surface area contributed by atoms with E-state index >= 15 is 0 Å².